The number of nitrogens with two attached hydrogens (primary N) is 3. The minimum atomic E-state index is -0.872. The largest absolute Gasteiger partial charge is 0.507 e. The molecule has 0 radical (unpaired) electrons. The van der Waals surface area contributed by atoms with E-state index in [1.165, 1.54) is 12.1 Å². The summed E-state index contributed by atoms with van der Waals surface area (Å²) in [5.41, 5.74) is 16.9. The fraction of sp³-hybridized carbons (Fsp3) is 0. The molecule has 0 aliphatic rings. The molecule has 12 N–H and O–H groups in total. The summed E-state index contributed by atoms with van der Waals surface area (Å²) in [7, 11) is 0. The van der Waals surface area contributed by atoms with Gasteiger partial charge >= 0.3 is 0 Å². The lowest BCUT2D eigenvalue weighted by Gasteiger charge is -2.21. The zero-order valence-corrected chi connectivity index (χ0v) is 19.9. The average Bonchev–Trinajstić information content (AvgIpc) is 2.93. The van der Waals surface area contributed by atoms with Crippen molar-refractivity contribution in [2.75, 3.05) is 17.2 Å². The summed E-state index contributed by atoms with van der Waals surface area (Å²) in [6.45, 7) is 0. The van der Waals surface area contributed by atoms with Crippen molar-refractivity contribution in [3.63, 3.8) is 0 Å². The molecule has 5 rings (SSSR count). The van der Waals surface area contributed by atoms with E-state index in [1.807, 2.05) is 0 Å². The number of nitrogen functional groups attached to an aromatic ring is 3. The number of carbonyl (C=O) groups is 2. The van der Waals surface area contributed by atoms with Crippen LogP contribution in [-0.2, 0) is 0 Å². The first-order valence-corrected chi connectivity index (χ1v) is 11.3. The Balaban J connectivity index is 2.08. The van der Waals surface area contributed by atoms with E-state index in [2.05, 4.69) is 0 Å². The van der Waals surface area contributed by atoms with E-state index in [1.54, 1.807) is 30.3 Å². The molecule has 0 atom stereocenters. The third-order valence-electron chi connectivity index (χ3n) is 6.79. The van der Waals surface area contributed by atoms with Crippen molar-refractivity contribution in [3.8, 4) is 56.8 Å². The van der Waals surface area contributed by atoms with Crippen molar-refractivity contribution in [3.05, 3.63) is 53.6 Å². The van der Waals surface area contributed by atoms with E-state index in [9.17, 15) is 40.2 Å². The van der Waals surface area contributed by atoms with Crippen molar-refractivity contribution in [2.45, 2.75) is 0 Å². The molecule has 0 spiro atoms. The van der Waals surface area contributed by atoms with Crippen molar-refractivity contribution in [1.29, 1.82) is 0 Å². The maximum Gasteiger partial charge on any atom is 0.182 e. The molecule has 11 heteroatoms. The summed E-state index contributed by atoms with van der Waals surface area (Å²) in [4.78, 5) is 23.9. The second-order valence-corrected chi connectivity index (χ2v) is 8.83. The maximum absolute atomic E-state index is 12.0. The predicted molar refractivity (Wildman–Crippen MR) is 146 cm³/mol. The number of aromatic hydroxyl groups is 6. The lowest BCUT2D eigenvalue weighted by molar-refractivity contribution is 0.111. The predicted octanol–water partition coefficient (Wildman–Crippen LogP) is 3.93. The Kier molecular flexibility index (Phi) is 5.49. The van der Waals surface area contributed by atoms with Crippen molar-refractivity contribution >= 4 is 51.2 Å². The van der Waals surface area contributed by atoms with Gasteiger partial charge in [-0.3, -0.25) is 9.59 Å². The highest BCUT2D eigenvalue weighted by Crippen LogP contribution is 2.56. The SMILES string of the molecule is Nc1cc2c(N)c(O)c(O)c(C=O)c2c(O)c1-c1c(-c2ccccc2)cc2c(N)c(O)c(O)c(C=O)c2c1O. The topological polar surface area (TPSA) is 234 Å². The first kappa shape index (κ1) is 24.8. The number of carbonyl (C=O) groups excluding carboxylic acids is 2. The molecule has 196 valence electrons. The molecule has 0 aliphatic heterocycles. The van der Waals surface area contributed by atoms with Crippen LogP contribution in [-0.4, -0.2) is 43.2 Å². The Hall–Kier alpha value is -5.84. The normalized spacial score (nSPS) is 11.2. The van der Waals surface area contributed by atoms with Gasteiger partial charge in [-0.1, -0.05) is 30.3 Å². The fourth-order valence-corrected chi connectivity index (χ4v) is 4.92. The van der Waals surface area contributed by atoms with Crippen LogP contribution in [0.4, 0.5) is 17.1 Å². The quantitative estimate of drug-likeness (QED) is 0.0922. The number of fused-ring (bicyclic) bond motifs is 2. The van der Waals surface area contributed by atoms with Gasteiger partial charge in [-0.2, -0.15) is 0 Å². The number of aldehydes is 2. The van der Waals surface area contributed by atoms with E-state index in [0.717, 1.165) is 0 Å². The molecule has 0 unspecified atom stereocenters. The molecule has 5 aromatic carbocycles. The summed E-state index contributed by atoms with van der Waals surface area (Å²) in [6.07, 6.45) is 0.430. The Morgan fingerprint density at radius 3 is 1.51 bits per heavy atom. The lowest BCUT2D eigenvalue weighted by atomic mass is 9.85. The van der Waals surface area contributed by atoms with Crippen LogP contribution < -0.4 is 17.2 Å². The first-order chi connectivity index (χ1) is 18.5. The van der Waals surface area contributed by atoms with Gasteiger partial charge < -0.3 is 47.8 Å². The van der Waals surface area contributed by atoms with Crippen LogP contribution >= 0.6 is 0 Å². The average molecular weight is 527 g/mol. The zero-order chi connectivity index (χ0) is 28.3. The molecule has 0 fully saturated rings. The van der Waals surface area contributed by atoms with Gasteiger partial charge in [0.25, 0.3) is 0 Å². The molecule has 0 amide bonds. The molecule has 0 saturated carbocycles. The summed E-state index contributed by atoms with van der Waals surface area (Å²) < 4.78 is 0. The van der Waals surface area contributed by atoms with Crippen LogP contribution in [0, 0.1) is 0 Å². The number of rotatable bonds is 4. The van der Waals surface area contributed by atoms with Crippen LogP contribution in [0.3, 0.4) is 0 Å². The number of anilines is 3. The van der Waals surface area contributed by atoms with Gasteiger partial charge in [-0.25, -0.2) is 0 Å². The van der Waals surface area contributed by atoms with E-state index in [4.69, 9.17) is 17.2 Å². The molecule has 0 heterocycles. The Labute approximate surface area is 219 Å². The van der Waals surface area contributed by atoms with Crippen LogP contribution in [0.5, 0.6) is 34.5 Å². The van der Waals surface area contributed by atoms with E-state index >= 15 is 0 Å². The van der Waals surface area contributed by atoms with Crippen LogP contribution in [0.25, 0.3) is 43.8 Å². The minimum Gasteiger partial charge on any atom is -0.507 e. The monoisotopic (exact) mass is 527 g/mol. The number of phenolic OH excluding ortho intramolecular Hbond substituents is 6. The highest BCUT2D eigenvalue weighted by atomic mass is 16.3. The van der Waals surface area contributed by atoms with Crippen molar-refractivity contribution in [1.82, 2.24) is 0 Å². The molecular weight excluding hydrogens is 506 g/mol. The van der Waals surface area contributed by atoms with Gasteiger partial charge in [-0.05, 0) is 23.3 Å². The second kappa shape index (κ2) is 8.63. The standard InChI is InChI=1S/C28H21N3O8/c29-16-7-13-18(15(9-33)24(35)28(39)22(13)31)26(37)20(16)19-11(10-4-2-1-3-5-10)6-12-17(25(19)36)14(8-32)23(34)27(38)21(12)30/h1-9,34-39H,29-31H2. The smallest absolute Gasteiger partial charge is 0.182 e. The van der Waals surface area contributed by atoms with Gasteiger partial charge in [0.05, 0.1) is 28.1 Å². The number of hydrogen-bond acceptors (Lipinski definition) is 11. The van der Waals surface area contributed by atoms with Gasteiger partial charge in [-0.15, -0.1) is 0 Å². The van der Waals surface area contributed by atoms with Crippen molar-refractivity contribution in [2.24, 2.45) is 0 Å². The summed E-state index contributed by atoms with van der Waals surface area (Å²) in [5, 5.41) is 63.9. The summed E-state index contributed by atoms with van der Waals surface area (Å²) in [6, 6.07) is 11.2. The number of hydrogen-bond donors (Lipinski definition) is 9. The Morgan fingerprint density at radius 2 is 1.03 bits per heavy atom. The highest BCUT2D eigenvalue weighted by Gasteiger charge is 2.29. The third-order valence-corrected chi connectivity index (χ3v) is 6.79. The van der Waals surface area contributed by atoms with E-state index in [-0.39, 0.29) is 67.9 Å². The molecule has 39 heavy (non-hydrogen) atoms. The number of benzene rings is 5. The minimum absolute atomic E-state index is 0.0201. The molecule has 5 aromatic rings. The molecule has 0 bridgehead atoms. The molecule has 0 saturated heterocycles. The first-order valence-electron chi connectivity index (χ1n) is 11.3. The Morgan fingerprint density at radius 1 is 0.564 bits per heavy atom. The van der Waals surface area contributed by atoms with Gasteiger partial charge in [0.1, 0.15) is 11.5 Å². The van der Waals surface area contributed by atoms with Gasteiger partial charge in [0, 0.05) is 32.8 Å². The van der Waals surface area contributed by atoms with E-state index in [0.29, 0.717) is 5.56 Å². The summed E-state index contributed by atoms with van der Waals surface area (Å²) in [5.74, 6) is -4.59. The van der Waals surface area contributed by atoms with Gasteiger partial charge in [0.15, 0.2) is 35.6 Å². The number of phenols is 6. The molecule has 11 nitrogen and oxygen atoms in total. The third kappa shape index (κ3) is 3.30. The van der Waals surface area contributed by atoms with Crippen LogP contribution in [0.1, 0.15) is 20.7 Å². The molecule has 0 aromatic heterocycles. The maximum atomic E-state index is 12.0. The van der Waals surface area contributed by atoms with Gasteiger partial charge in [0.2, 0.25) is 0 Å². The zero-order valence-electron chi connectivity index (χ0n) is 19.9. The second-order valence-electron chi connectivity index (χ2n) is 8.83. The van der Waals surface area contributed by atoms with Crippen LogP contribution in [0.15, 0.2) is 42.5 Å². The Bertz CT molecular complexity index is 1890. The van der Waals surface area contributed by atoms with Crippen LogP contribution in [0.2, 0.25) is 0 Å². The highest BCUT2D eigenvalue weighted by molar-refractivity contribution is 6.20. The van der Waals surface area contributed by atoms with E-state index < -0.39 is 45.6 Å². The lowest BCUT2D eigenvalue weighted by Crippen LogP contribution is -2.01. The van der Waals surface area contributed by atoms with Crippen molar-refractivity contribution < 1.29 is 40.2 Å². The fourth-order valence-electron chi connectivity index (χ4n) is 4.92. The molecular formula is C28H21N3O8. The summed E-state index contributed by atoms with van der Waals surface area (Å²) >= 11 is 0. The molecule has 0 aliphatic carbocycles.